The molecule has 1 aliphatic carbocycles. The highest BCUT2D eigenvalue weighted by molar-refractivity contribution is 5.22. The Morgan fingerprint density at radius 3 is 2.17 bits per heavy atom. The van der Waals surface area contributed by atoms with Crippen LogP contribution in [0.4, 0.5) is 13.2 Å². The van der Waals surface area contributed by atoms with Gasteiger partial charge in [-0.25, -0.2) is 13.2 Å². The summed E-state index contributed by atoms with van der Waals surface area (Å²) in [6.45, 7) is 0. The number of hydrogen-bond donors (Lipinski definition) is 1. The molecule has 0 heterocycles. The van der Waals surface area contributed by atoms with Crippen LogP contribution in [0.15, 0.2) is 12.1 Å². The van der Waals surface area contributed by atoms with Crippen molar-refractivity contribution >= 4 is 0 Å². The van der Waals surface area contributed by atoms with E-state index in [-0.39, 0.29) is 0 Å². The molecule has 0 amide bonds. The molecule has 0 aromatic heterocycles. The van der Waals surface area contributed by atoms with Gasteiger partial charge in [-0.2, -0.15) is 0 Å². The Hall–Kier alpha value is -1.03. The van der Waals surface area contributed by atoms with Crippen molar-refractivity contribution in [3.8, 4) is 0 Å². The topological polar surface area (TPSA) is 26.0 Å². The first-order chi connectivity index (χ1) is 8.58. The molecule has 0 spiro atoms. The number of halogens is 3. The third kappa shape index (κ3) is 3.05. The van der Waals surface area contributed by atoms with Crippen LogP contribution in [0.3, 0.4) is 0 Å². The molecule has 1 aromatic carbocycles. The summed E-state index contributed by atoms with van der Waals surface area (Å²) in [5, 5.41) is 0. The van der Waals surface area contributed by atoms with Gasteiger partial charge in [0.25, 0.3) is 0 Å². The second-order valence-electron chi connectivity index (χ2n) is 5.14. The monoisotopic (exact) mass is 257 g/mol. The van der Waals surface area contributed by atoms with Gasteiger partial charge in [-0.1, -0.05) is 32.1 Å². The van der Waals surface area contributed by atoms with Gasteiger partial charge < -0.3 is 5.73 Å². The number of rotatable bonds is 3. The van der Waals surface area contributed by atoms with Crippen molar-refractivity contribution in [1.82, 2.24) is 0 Å². The lowest BCUT2D eigenvalue weighted by atomic mass is 9.83. The second-order valence-corrected chi connectivity index (χ2v) is 5.14. The summed E-state index contributed by atoms with van der Waals surface area (Å²) in [5.41, 5.74) is 6.30. The molecular weight excluding hydrogens is 239 g/mol. The number of benzene rings is 1. The van der Waals surface area contributed by atoms with Gasteiger partial charge in [0.2, 0.25) is 0 Å². The number of nitrogens with two attached hydrogens (primary N) is 1. The first-order valence-corrected chi connectivity index (χ1v) is 6.48. The molecule has 1 nitrogen and oxygen atoms in total. The van der Waals surface area contributed by atoms with Crippen LogP contribution < -0.4 is 5.73 Å². The predicted octanol–water partition coefficient (Wildman–Crippen LogP) is 4.07. The summed E-state index contributed by atoms with van der Waals surface area (Å²) in [6, 6.07) is 1.59. The minimum absolute atomic E-state index is 0.344. The molecule has 1 fully saturated rings. The Kier molecular flexibility index (Phi) is 4.27. The maximum absolute atomic E-state index is 13.1. The molecule has 2 N–H and O–H groups in total. The molecule has 100 valence electrons. The van der Waals surface area contributed by atoms with E-state index in [2.05, 4.69) is 0 Å². The van der Waals surface area contributed by atoms with Crippen molar-refractivity contribution in [2.45, 2.75) is 44.6 Å². The molecule has 2 rings (SSSR count). The largest absolute Gasteiger partial charge is 0.324 e. The van der Waals surface area contributed by atoms with Crippen LogP contribution in [0.25, 0.3) is 0 Å². The van der Waals surface area contributed by atoms with E-state index in [0.29, 0.717) is 17.9 Å². The molecule has 1 saturated carbocycles. The Balaban J connectivity index is 2.06. The van der Waals surface area contributed by atoms with Gasteiger partial charge >= 0.3 is 0 Å². The van der Waals surface area contributed by atoms with Gasteiger partial charge in [0.05, 0.1) is 0 Å². The summed E-state index contributed by atoms with van der Waals surface area (Å²) < 4.78 is 39.1. The van der Waals surface area contributed by atoms with Crippen molar-refractivity contribution in [1.29, 1.82) is 0 Å². The van der Waals surface area contributed by atoms with E-state index in [4.69, 9.17) is 5.73 Å². The maximum atomic E-state index is 13.1. The average Bonchev–Trinajstić information content (AvgIpc) is 2.36. The molecule has 4 heteroatoms. The first-order valence-electron chi connectivity index (χ1n) is 6.48. The van der Waals surface area contributed by atoms with E-state index in [9.17, 15) is 13.2 Å². The SMILES string of the molecule is NC(CC1CCCCC1)c1cc(F)c(F)c(F)c1. The molecule has 1 unspecified atom stereocenters. The van der Waals surface area contributed by atoms with E-state index >= 15 is 0 Å². The van der Waals surface area contributed by atoms with Crippen molar-refractivity contribution in [3.63, 3.8) is 0 Å². The van der Waals surface area contributed by atoms with Crippen LogP contribution in [0.5, 0.6) is 0 Å². The van der Waals surface area contributed by atoms with Crippen LogP contribution in [-0.2, 0) is 0 Å². The lowest BCUT2D eigenvalue weighted by Crippen LogP contribution is -2.18. The van der Waals surface area contributed by atoms with Crippen LogP contribution in [0.1, 0.15) is 50.1 Å². The summed E-state index contributed by atoms with van der Waals surface area (Å²) in [6.07, 6.45) is 6.61. The number of hydrogen-bond acceptors (Lipinski definition) is 1. The minimum atomic E-state index is -1.43. The minimum Gasteiger partial charge on any atom is -0.324 e. The summed E-state index contributed by atoms with van der Waals surface area (Å²) in [4.78, 5) is 0. The Morgan fingerprint density at radius 2 is 1.61 bits per heavy atom. The smallest absolute Gasteiger partial charge is 0.194 e. The lowest BCUT2D eigenvalue weighted by molar-refractivity contribution is 0.318. The third-order valence-electron chi connectivity index (χ3n) is 3.75. The van der Waals surface area contributed by atoms with E-state index in [0.717, 1.165) is 25.0 Å². The Labute approximate surface area is 105 Å². The normalized spacial score (nSPS) is 18.9. The summed E-state index contributed by atoms with van der Waals surface area (Å²) in [5.74, 6) is -3.23. The molecular formula is C14H18F3N. The molecule has 0 saturated heterocycles. The Morgan fingerprint density at radius 1 is 1.06 bits per heavy atom. The zero-order chi connectivity index (χ0) is 13.1. The fraction of sp³-hybridized carbons (Fsp3) is 0.571. The van der Waals surface area contributed by atoms with E-state index in [1.807, 2.05) is 0 Å². The van der Waals surface area contributed by atoms with Crippen molar-refractivity contribution in [3.05, 3.63) is 35.1 Å². The first kappa shape index (κ1) is 13.4. The zero-order valence-electron chi connectivity index (χ0n) is 10.3. The molecule has 1 aromatic rings. The van der Waals surface area contributed by atoms with Gasteiger partial charge in [0, 0.05) is 6.04 Å². The fourth-order valence-corrected chi connectivity index (χ4v) is 2.71. The molecule has 1 aliphatic rings. The quantitative estimate of drug-likeness (QED) is 0.811. The van der Waals surface area contributed by atoms with Crippen molar-refractivity contribution in [2.24, 2.45) is 11.7 Å². The zero-order valence-corrected chi connectivity index (χ0v) is 10.3. The highest BCUT2D eigenvalue weighted by atomic mass is 19.2. The predicted molar refractivity (Wildman–Crippen MR) is 64.4 cm³/mol. The van der Waals surface area contributed by atoms with Crippen LogP contribution in [0, 0.1) is 23.4 Å². The van der Waals surface area contributed by atoms with Gasteiger partial charge in [-0.05, 0) is 30.0 Å². The van der Waals surface area contributed by atoms with Crippen LogP contribution in [0.2, 0.25) is 0 Å². The average molecular weight is 257 g/mol. The van der Waals surface area contributed by atoms with E-state index < -0.39 is 23.5 Å². The Bertz CT molecular complexity index is 390. The third-order valence-corrected chi connectivity index (χ3v) is 3.75. The van der Waals surface area contributed by atoms with Crippen LogP contribution >= 0.6 is 0 Å². The van der Waals surface area contributed by atoms with Gasteiger partial charge in [-0.3, -0.25) is 0 Å². The van der Waals surface area contributed by atoms with E-state index in [1.165, 1.54) is 19.3 Å². The molecule has 0 bridgehead atoms. The molecule has 1 atom stereocenters. The van der Waals surface area contributed by atoms with Crippen molar-refractivity contribution < 1.29 is 13.2 Å². The fourth-order valence-electron chi connectivity index (χ4n) is 2.71. The summed E-state index contributed by atoms with van der Waals surface area (Å²) >= 11 is 0. The molecule has 0 aliphatic heterocycles. The highest BCUT2D eigenvalue weighted by Crippen LogP contribution is 2.31. The maximum Gasteiger partial charge on any atom is 0.194 e. The molecule has 18 heavy (non-hydrogen) atoms. The highest BCUT2D eigenvalue weighted by Gasteiger charge is 2.20. The molecule has 0 radical (unpaired) electrons. The summed E-state index contributed by atoms with van der Waals surface area (Å²) in [7, 11) is 0. The van der Waals surface area contributed by atoms with E-state index in [1.54, 1.807) is 0 Å². The van der Waals surface area contributed by atoms with Crippen LogP contribution in [-0.4, -0.2) is 0 Å². The lowest BCUT2D eigenvalue weighted by Gasteiger charge is -2.24. The second kappa shape index (κ2) is 5.74. The van der Waals surface area contributed by atoms with Crippen molar-refractivity contribution in [2.75, 3.05) is 0 Å². The van der Waals surface area contributed by atoms with Gasteiger partial charge in [0.15, 0.2) is 17.5 Å². The van der Waals surface area contributed by atoms with Gasteiger partial charge in [0.1, 0.15) is 0 Å². The van der Waals surface area contributed by atoms with Gasteiger partial charge in [-0.15, -0.1) is 0 Å². The standard InChI is InChI=1S/C14H18F3N/c15-11-7-10(8-12(16)14(11)17)13(18)6-9-4-2-1-3-5-9/h7-9,13H,1-6,18H2.